The van der Waals surface area contributed by atoms with Gasteiger partial charge in [0, 0.05) is 0 Å². The van der Waals surface area contributed by atoms with Gasteiger partial charge in [-0.1, -0.05) is 111 Å². The van der Waals surface area contributed by atoms with Crippen LogP contribution in [0.3, 0.4) is 0 Å². The zero-order chi connectivity index (χ0) is 48.2. The van der Waals surface area contributed by atoms with Crippen molar-refractivity contribution in [2.45, 2.75) is 172 Å². The van der Waals surface area contributed by atoms with Crippen molar-refractivity contribution >= 4 is 47.8 Å². The summed E-state index contributed by atoms with van der Waals surface area (Å²) in [6, 6.07) is 0. The van der Waals surface area contributed by atoms with Gasteiger partial charge in [-0.3, -0.25) is 38.4 Å². The monoisotopic (exact) mass is 902 g/mol. The third kappa shape index (κ3) is 16.0. The third-order valence-corrected chi connectivity index (χ3v) is 9.51. The molecule has 0 aromatic heterocycles. The Balaban J connectivity index is 2.88. The molecule has 0 aromatic rings. The molecule has 0 saturated carbocycles. The molecule has 0 N–H and O–H groups in total. The van der Waals surface area contributed by atoms with Gasteiger partial charge < -0.3 is 52.1 Å². The van der Waals surface area contributed by atoms with Crippen LogP contribution in [0.4, 0.5) is 0 Å². The van der Waals surface area contributed by atoms with E-state index in [4.69, 9.17) is 52.1 Å². The Labute approximate surface area is 370 Å². The SMILES string of the molecule is CC(C)C(=O)OC[C@H]1O[C@H](OC[C@H]2O[C@H](OC(=O)C(C)C)[C@H](OC(=O)C(C)C)[C@@H](OC(=O)C(C)C)[C@@H]2OC(=O)C(C)C)[C@H](OC(=O)C(C)C)[C@@H](OC(=O)C(C)C)[C@H]1OC(=O)C(C)C. The summed E-state index contributed by atoms with van der Waals surface area (Å²) in [6.45, 7) is 23.7. The van der Waals surface area contributed by atoms with Crippen molar-refractivity contribution in [2.75, 3.05) is 13.2 Å². The van der Waals surface area contributed by atoms with Gasteiger partial charge in [0.2, 0.25) is 12.4 Å². The fourth-order valence-corrected chi connectivity index (χ4v) is 5.45. The summed E-state index contributed by atoms with van der Waals surface area (Å²) < 4.78 is 65.4. The van der Waals surface area contributed by atoms with Crippen LogP contribution >= 0.6 is 0 Å². The largest absolute Gasteiger partial charge is 0.463 e. The van der Waals surface area contributed by atoms with Crippen LogP contribution in [0, 0.1) is 47.3 Å². The van der Waals surface area contributed by atoms with E-state index in [1.165, 1.54) is 0 Å². The highest BCUT2D eigenvalue weighted by Gasteiger charge is 2.57. The zero-order valence-electron chi connectivity index (χ0n) is 39.6. The Kier molecular flexibility index (Phi) is 21.4. The van der Waals surface area contributed by atoms with Crippen LogP contribution in [-0.4, -0.2) is 122 Å². The van der Waals surface area contributed by atoms with Gasteiger partial charge in [-0.15, -0.1) is 0 Å². The third-order valence-electron chi connectivity index (χ3n) is 9.51. The lowest BCUT2D eigenvalue weighted by Crippen LogP contribution is -2.65. The molecule has 63 heavy (non-hydrogen) atoms. The van der Waals surface area contributed by atoms with Gasteiger partial charge in [-0.05, 0) is 0 Å². The molecule has 2 heterocycles. The summed E-state index contributed by atoms with van der Waals surface area (Å²) >= 11 is 0. The Hall–Kier alpha value is -4.36. The molecule has 0 bridgehead atoms. The van der Waals surface area contributed by atoms with Crippen LogP contribution in [-0.2, 0) is 90.5 Å². The fraction of sp³-hybridized carbons (Fsp3) is 0.818. The molecule has 0 radical (unpaired) electrons. The minimum absolute atomic E-state index is 0.550. The van der Waals surface area contributed by atoms with E-state index in [9.17, 15) is 38.4 Å². The second kappa shape index (κ2) is 24.6. The molecule has 0 amide bonds. The quantitative estimate of drug-likeness (QED) is 0.123. The smallest absolute Gasteiger partial charge is 0.310 e. The summed E-state index contributed by atoms with van der Waals surface area (Å²) in [6.07, 6.45) is -16.2. The predicted octanol–water partition coefficient (Wildman–Crippen LogP) is 4.26. The summed E-state index contributed by atoms with van der Waals surface area (Å²) in [5, 5.41) is 0. The molecule has 10 atom stereocenters. The van der Waals surface area contributed by atoms with Crippen molar-refractivity contribution in [2.24, 2.45) is 47.3 Å². The lowest BCUT2D eigenvalue weighted by Gasteiger charge is -2.46. The van der Waals surface area contributed by atoms with E-state index in [1.807, 2.05) is 0 Å². The van der Waals surface area contributed by atoms with Gasteiger partial charge >= 0.3 is 47.8 Å². The molecule has 2 aliphatic rings. The molecule has 0 spiro atoms. The maximum absolute atomic E-state index is 13.4. The minimum Gasteiger partial charge on any atom is -0.463 e. The Morgan fingerprint density at radius 1 is 0.317 bits per heavy atom. The predicted molar refractivity (Wildman–Crippen MR) is 218 cm³/mol. The van der Waals surface area contributed by atoms with E-state index in [-0.39, 0.29) is 0 Å². The van der Waals surface area contributed by atoms with Crippen LogP contribution in [0.25, 0.3) is 0 Å². The van der Waals surface area contributed by atoms with Crippen LogP contribution < -0.4 is 0 Å². The first-order valence-electron chi connectivity index (χ1n) is 21.7. The van der Waals surface area contributed by atoms with Crippen LogP contribution in [0.15, 0.2) is 0 Å². The molecule has 19 heteroatoms. The maximum atomic E-state index is 13.4. The van der Waals surface area contributed by atoms with Crippen molar-refractivity contribution in [1.29, 1.82) is 0 Å². The van der Waals surface area contributed by atoms with Gasteiger partial charge in [0.1, 0.15) is 18.8 Å². The molecule has 2 fully saturated rings. The first-order chi connectivity index (χ1) is 29.2. The first kappa shape index (κ1) is 54.8. The highest BCUT2D eigenvalue weighted by atomic mass is 16.8. The summed E-state index contributed by atoms with van der Waals surface area (Å²) in [4.78, 5) is 106. The van der Waals surface area contributed by atoms with Crippen LogP contribution in [0.2, 0.25) is 0 Å². The highest BCUT2D eigenvalue weighted by Crippen LogP contribution is 2.35. The van der Waals surface area contributed by atoms with E-state index in [1.54, 1.807) is 111 Å². The topological polar surface area (TPSA) is 238 Å². The van der Waals surface area contributed by atoms with Crippen molar-refractivity contribution in [3.8, 4) is 0 Å². The molecule has 0 aliphatic carbocycles. The lowest BCUT2D eigenvalue weighted by molar-refractivity contribution is -0.333. The molecular weight excluding hydrogens is 832 g/mol. The maximum Gasteiger partial charge on any atom is 0.310 e. The molecule has 360 valence electrons. The van der Waals surface area contributed by atoms with Crippen molar-refractivity contribution < 1.29 is 90.5 Å². The molecule has 2 saturated heterocycles. The normalized spacial score (nSPS) is 26.2. The standard InChI is InChI=1S/C44H70O19/c1-19(2)35(45)53-17-27-29(57-36(46)20(3)4)31(59-38(48)22(7)8)33(61-40(50)24(11)12)43(55-27)54-18-28-30(58-37(47)21(5)6)32(60-39(49)23(9)10)34(62-41(51)25(13)14)44(56-28)63-42(52)26(15)16/h19-34,43-44H,17-18H2,1-16H3/t27-,28-,29+,30-,31+,32+,33-,34-,43+,44-/m1/s1. The molecule has 2 aliphatic heterocycles. The molecule has 19 nitrogen and oxygen atoms in total. The van der Waals surface area contributed by atoms with E-state index in [0.717, 1.165) is 0 Å². The molecular formula is C44H70O19. The number of hydrogen-bond acceptors (Lipinski definition) is 19. The highest BCUT2D eigenvalue weighted by molar-refractivity contribution is 5.76. The van der Waals surface area contributed by atoms with E-state index >= 15 is 0 Å². The number of carbonyl (C=O) groups excluding carboxylic acids is 8. The summed E-state index contributed by atoms with van der Waals surface area (Å²) in [7, 11) is 0. The van der Waals surface area contributed by atoms with Gasteiger partial charge in [-0.2, -0.15) is 0 Å². The van der Waals surface area contributed by atoms with Crippen LogP contribution in [0.1, 0.15) is 111 Å². The van der Waals surface area contributed by atoms with Crippen molar-refractivity contribution in [3.05, 3.63) is 0 Å². The van der Waals surface area contributed by atoms with Gasteiger partial charge in [-0.25, -0.2) is 0 Å². The van der Waals surface area contributed by atoms with Gasteiger partial charge in [0.15, 0.2) is 36.8 Å². The first-order valence-corrected chi connectivity index (χ1v) is 21.7. The van der Waals surface area contributed by atoms with Crippen molar-refractivity contribution in [3.63, 3.8) is 0 Å². The molecule has 0 unspecified atom stereocenters. The Morgan fingerprint density at radius 2 is 0.571 bits per heavy atom. The van der Waals surface area contributed by atoms with Crippen molar-refractivity contribution in [1.82, 2.24) is 0 Å². The molecule has 0 aromatic carbocycles. The van der Waals surface area contributed by atoms with Crippen LogP contribution in [0.5, 0.6) is 0 Å². The second-order valence-electron chi connectivity index (χ2n) is 18.1. The number of esters is 8. The fourth-order valence-electron chi connectivity index (χ4n) is 5.45. The Morgan fingerprint density at radius 3 is 0.905 bits per heavy atom. The van der Waals surface area contributed by atoms with E-state index in [2.05, 4.69) is 0 Å². The summed E-state index contributed by atoms with van der Waals surface area (Å²) in [5.41, 5.74) is 0. The van der Waals surface area contributed by atoms with Gasteiger partial charge in [0.05, 0.1) is 54.0 Å². The number of ether oxygens (including phenoxy) is 11. The number of hydrogen-bond donors (Lipinski definition) is 0. The minimum atomic E-state index is -1.76. The number of rotatable bonds is 20. The average Bonchev–Trinajstić information content (AvgIpc) is 3.19. The molecule has 2 rings (SSSR count). The lowest BCUT2D eigenvalue weighted by atomic mass is 9.96. The van der Waals surface area contributed by atoms with E-state index in [0.29, 0.717) is 0 Å². The Bertz CT molecular complexity index is 1580. The zero-order valence-corrected chi connectivity index (χ0v) is 39.6. The van der Waals surface area contributed by atoms with E-state index < -0.39 is 170 Å². The second-order valence-corrected chi connectivity index (χ2v) is 18.1. The average molecular weight is 903 g/mol. The van der Waals surface area contributed by atoms with Gasteiger partial charge in [0.25, 0.3) is 0 Å². The summed E-state index contributed by atoms with van der Waals surface area (Å²) in [5.74, 6) is -11.8. The number of carbonyl (C=O) groups is 8.